The second-order valence-corrected chi connectivity index (χ2v) is 7.65. The van der Waals surface area contributed by atoms with Crippen LogP contribution < -0.4 is 14.8 Å². The summed E-state index contributed by atoms with van der Waals surface area (Å²) in [4.78, 5) is 12.4. The third kappa shape index (κ3) is 3.97. The molecule has 2 aromatic rings. The van der Waals surface area contributed by atoms with Crippen molar-refractivity contribution in [3.63, 3.8) is 0 Å². The first kappa shape index (κ1) is 18.2. The highest BCUT2D eigenvalue weighted by molar-refractivity contribution is 7.89. The first-order valence-electron chi connectivity index (χ1n) is 8.21. The van der Waals surface area contributed by atoms with Gasteiger partial charge in [0.05, 0.1) is 11.4 Å². The van der Waals surface area contributed by atoms with Crippen LogP contribution in [0.5, 0.6) is 11.5 Å². The smallest absolute Gasteiger partial charge is 0.243 e. The van der Waals surface area contributed by atoms with Crippen molar-refractivity contribution in [3.05, 3.63) is 54.1 Å². The standard InChI is InChI=1S/C18H20N2O5S/c1-2-20(26(22,23)15-6-4-3-5-7-15)12-18(21)19-11-14-8-9-16-17(10-14)25-13-24-16/h3-10H,2,11-13H2,1H3,(H,19,21). The summed E-state index contributed by atoms with van der Waals surface area (Å²) in [5, 5.41) is 2.74. The first-order chi connectivity index (χ1) is 12.5. The van der Waals surface area contributed by atoms with Crippen LogP contribution in [0.4, 0.5) is 0 Å². The molecule has 138 valence electrons. The number of hydrogen-bond acceptors (Lipinski definition) is 5. The molecule has 0 saturated heterocycles. The fraction of sp³-hybridized carbons (Fsp3) is 0.278. The van der Waals surface area contributed by atoms with Crippen LogP contribution in [0.3, 0.4) is 0 Å². The van der Waals surface area contributed by atoms with Crippen LogP contribution in [0, 0.1) is 0 Å². The molecule has 1 N–H and O–H groups in total. The highest BCUT2D eigenvalue weighted by Crippen LogP contribution is 2.32. The Morgan fingerprint density at radius 3 is 2.58 bits per heavy atom. The van der Waals surface area contributed by atoms with Gasteiger partial charge in [-0.3, -0.25) is 4.79 Å². The van der Waals surface area contributed by atoms with Gasteiger partial charge in [-0.1, -0.05) is 31.2 Å². The molecule has 1 heterocycles. The van der Waals surface area contributed by atoms with Crippen molar-refractivity contribution in [3.8, 4) is 11.5 Å². The molecule has 1 amide bonds. The Morgan fingerprint density at radius 2 is 1.85 bits per heavy atom. The average Bonchev–Trinajstić information content (AvgIpc) is 3.12. The van der Waals surface area contributed by atoms with Gasteiger partial charge in [-0.25, -0.2) is 8.42 Å². The number of nitrogens with zero attached hydrogens (tertiary/aromatic N) is 1. The number of hydrogen-bond donors (Lipinski definition) is 1. The Labute approximate surface area is 152 Å². The van der Waals surface area contributed by atoms with E-state index in [0.717, 1.165) is 9.87 Å². The van der Waals surface area contributed by atoms with Crippen LogP contribution in [0.2, 0.25) is 0 Å². The zero-order valence-electron chi connectivity index (χ0n) is 14.3. The number of carbonyl (C=O) groups is 1. The van der Waals surface area contributed by atoms with E-state index in [1.807, 2.05) is 6.07 Å². The molecule has 0 spiro atoms. The van der Waals surface area contributed by atoms with Crippen molar-refractivity contribution in [1.82, 2.24) is 9.62 Å². The van der Waals surface area contributed by atoms with Crippen LogP contribution in [0.1, 0.15) is 12.5 Å². The summed E-state index contributed by atoms with van der Waals surface area (Å²) >= 11 is 0. The number of fused-ring (bicyclic) bond motifs is 1. The third-order valence-electron chi connectivity index (χ3n) is 3.98. The largest absolute Gasteiger partial charge is 0.454 e. The Hall–Kier alpha value is -2.58. The lowest BCUT2D eigenvalue weighted by atomic mass is 10.2. The predicted molar refractivity (Wildman–Crippen MR) is 95.3 cm³/mol. The van der Waals surface area contributed by atoms with Crippen LogP contribution >= 0.6 is 0 Å². The molecule has 0 bridgehead atoms. The first-order valence-corrected chi connectivity index (χ1v) is 9.65. The Morgan fingerprint density at radius 1 is 1.12 bits per heavy atom. The van der Waals surface area contributed by atoms with Gasteiger partial charge in [0.1, 0.15) is 0 Å². The van der Waals surface area contributed by atoms with E-state index in [0.29, 0.717) is 11.5 Å². The SMILES string of the molecule is CCN(CC(=O)NCc1ccc2c(c1)OCO2)S(=O)(=O)c1ccccc1. The van der Waals surface area contributed by atoms with E-state index in [4.69, 9.17) is 9.47 Å². The molecule has 0 aromatic heterocycles. The molecule has 8 heteroatoms. The third-order valence-corrected chi connectivity index (χ3v) is 5.92. The molecule has 2 aromatic carbocycles. The van der Waals surface area contributed by atoms with Gasteiger partial charge < -0.3 is 14.8 Å². The van der Waals surface area contributed by atoms with Crippen molar-refractivity contribution >= 4 is 15.9 Å². The molecular formula is C18H20N2O5S. The van der Waals surface area contributed by atoms with E-state index < -0.39 is 10.0 Å². The Kier molecular flexibility index (Phi) is 5.43. The van der Waals surface area contributed by atoms with Crippen LogP contribution in [0.15, 0.2) is 53.4 Å². The Balaban J connectivity index is 1.61. The average molecular weight is 376 g/mol. The maximum absolute atomic E-state index is 12.6. The fourth-order valence-corrected chi connectivity index (χ4v) is 4.00. The second kappa shape index (κ2) is 7.76. The van der Waals surface area contributed by atoms with Gasteiger partial charge in [0, 0.05) is 13.1 Å². The molecule has 0 saturated carbocycles. The minimum absolute atomic E-state index is 0.172. The number of nitrogens with one attached hydrogen (secondary N) is 1. The molecule has 0 unspecified atom stereocenters. The maximum Gasteiger partial charge on any atom is 0.243 e. The van der Waals surface area contributed by atoms with Gasteiger partial charge in [-0.2, -0.15) is 4.31 Å². The van der Waals surface area contributed by atoms with E-state index in [2.05, 4.69) is 5.32 Å². The molecule has 0 radical (unpaired) electrons. The monoisotopic (exact) mass is 376 g/mol. The van der Waals surface area contributed by atoms with Gasteiger partial charge in [-0.05, 0) is 29.8 Å². The maximum atomic E-state index is 12.6. The lowest BCUT2D eigenvalue weighted by Gasteiger charge is -2.20. The number of rotatable bonds is 7. The van der Waals surface area contributed by atoms with E-state index in [1.165, 1.54) is 12.1 Å². The quantitative estimate of drug-likeness (QED) is 0.796. The zero-order valence-corrected chi connectivity index (χ0v) is 15.2. The molecule has 26 heavy (non-hydrogen) atoms. The van der Waals surface area contributed by atoms with Gasteiger partial charge in [0.15, 0.2) is 11.5 Å². The van der Waals surface area contributed by atoms with E-state index >= 15 is 0 Å². The minimum Gasteiger partial charge on any atom is -0.454 e. The molecule has 1 aliphatic rings. The van der Waals surface area contributed by atoms with E-state index in [9.17, 15) is 13.2 Å². The fourth-order valence-electron chi connectivity index (χ4n) is 2.58. The number of likely N-dealkylation sites (N-methyl/N-ethyl adjacent to an activating group) is 1. The van der Waals surface area contributed by atoms with Crippen molar-refractivity contribution in [2.45, 2.75) is 18.4 Å². The van der Waals surface area contributed by atoms with Crippen LogP contribution in [-0.4, -0.2) is 38.5 Å². The highest BCUT2D eigenvalue weighted by atomic mass is 32.2. The number of ether oxygens (including phenoxy) is 2. The van der Waals surface area contributed by atoms with Crippen LogP contribution in [0.25, 0.3) is 0 Å². The second-order valence-electron chi connectivity index (χ2n) is 5.71. The normalized spacial score (nSPS) is 13.0. The topological polar surface area (TPSA) is 84.9 Å². The molecule has 1 aliphatic heterocycles. The summed E-state index contributed by atoms with van der Waals surface area (Å²) in [7, 11) is -3.70. The van der Waals surface area contributed by atoms with Gasteiger partial charge in [0.25, 0.3) is 0 Å². The molecule has 7 nitrogen and oxygen atoms in total. The van der Waals surface area contributed by atoms with Crippen molar-refractivity contribution < 1.29 is 22.7 Å². The van der Waals surface area contributed by atoms with Gasteiger partial charge in [0.2, 0.25) is 22.7 Å². The van der Waals surface area contributed by atoms with Crippen LogP contribution in [-0.2, 0) is 21.4 Å². The molecule has 3 rings (SSSR count). The van der Waals surface area contributed by atoms with Crippen molar-refractivity contribution in [1.29, 1.82) is 0 Å². The highest BCUT2D eigenvalue weighted by Gasteiger charge is 2.25. The number of carbonyl (C=O) groups excluding carboxylic acids is 1. The number of sulfonamides is 1. The van der Waals surface area contributed by atoms with E-state index in [-0.39, 0.29) is 37.2 Å². The lowest BCUT2D eigenvalue weighted by molar-refractivity contribution is -0.121. The Bertz CT molecular complexity index is 884. The summed E-state index contributed by atoms with van der Waals surface area (Å²) in [6.07, 6.45) is 0. The number of benzene rings is 2. The molecule has 0 atom stereocenters. The predicted octanol–water partition coefficient (Wildman–Crippen LogP) is 1.74. The summed E-state index contributed by atoms with van der Waals surface area (Å²) in [6.45, 7) is 2.13. The van der Waals surface area contributed by atoms with Crippen molar-refractivity contribution in [2.75, 3.05) is 19.9 Å². The summed E-state index contributed by atoms with van der Waals surface area (Å²) in [5.41, 5.74) is 0.844. The molecular weight excluding hydrogens is 356 g/mol. The molecule has 0 fully saturated rings. The summed E-state index contributed by atoms with van der Waals surface area (Å²) in [5.74, 6) is 0.939. The number of amides is 1. The lowest BCUT2D eigenvalue weighted by Crippen LogP contribution is -2.40. The van der Waals surface area contributed by atoms with Gasteiger partial charge >= 0.3 is 0 Å². The van der Waals surface area contributed by atoms with Gasteiger partial charge in [-0.15, -0.1) is 0 Å². The summed E-state index contributed by atoms with van der Waals surface area (Å²) in [6, 6.07) is 13.5. The van der Waals surface area contributed by atoms with E-state index in [1.54, 1.807) is 37.3 Å². The minimum atomic E-state index is -3.70. The summed E-state index contributed by atoms with van der Waals surface area (Å²) < 4.78 is 36.9. The van der Waals surface area contributed by atoms with Crippen molar-refractivity contribution in [2.24, 2.45) is 0 Å². The molecule has 0 aliphatic carbocycles. The zero-order chi connectivity index (χ0) is 18.6.